The first-order valence-corrected chi connectivity index (χ1v) is 5.51. The van der Waals surface area contributed by atoms with Crippen LogP contribution < -0.4 is 4.72 Å². The van der Waals surface area contributed by atoms with Gasteiger partial charge in [0.25, 0.3) is 0 Å². The van der Waals surface area contributed by atoms with Crippen molar-refractivity contribution in [2.75, 3.05) is 0 Å². The molecule has 0 amide bonds. The van der Waals surface area contributed by atoms with Crippen LogP contribution in [0, 0.1) is 0 Å². The zero-order chi connectivity index (χ0) is 9.73. The Labute approximate surface area is 89.9 Å². The lowest BCUT2D eigenvalue weighted by Crippen LogP contribution is -2.14. The Hall–Kier alpha value is -0.120. The van der Waals surface area contributed by atoms with Crippen LogP contribution in [0.15, 0.2) is 30.3 Å². The summed E-state index contributed by atoms with van der Waals surface area (Å²) in [5.41, 5.74) is 1.30. The number of hydrogen-bond donors (Lipinski definition) is 2. The Morgan fingerprint density at radius 1 is 1.31 bits per heavy atom. The number of thiol groups is 1. The second-order valence-electron chi connectivity index (χ2n) is 3.36. The third-order valence-electron chi connectivity index (χ3n) is 1.44. The van der Waals surface area contributed by atoms with E-state index in [0.29, 0.717) is 0 Å². The predicted molar refractivity (Wildman–Crippen MR) is 63.9 cm³/mol. The van der Waals surface area contributed by atoms with Gasteiger partial charge in [-0.3, -0.25) is 4.72 Å². The van der Waals surface area contributed by atoms with Gasteiger partial charge in [-0.25, -0.2) is 0 Å². The van der Waals surface area contributed by atoms with E-state index >= 15 is 0 Å². The van der Waals surface area contributed by atoms with E-state index in [1.807, 2.05) is 18.2 Å². The quantitative estimate of drug-likeness (QED) is 0.453. The smallest absolute Gasteiger partial charge is 0.0669 e. The Morgan fingerprint density at radius 3 is 2.46 bits per heavy atom. The molecule has 0 fully saturated rings. The van der Waals surface area contributed by atoms with Crippen LogP contribution >= 0.6 is 24.6 Å². The largest absolute Gasteiger partial charge is 0.259 e. The molecule has 0 heterocycles. The average Bonchev–Trinajstić information content (AvgIpc) is 2.04. The van der Waals surface area contributed by atoms with Gasteiger partial charge < -0.3 is 0 Å². The van der Waals surface area contributed by atoms with Crippen molar-refractivity contribution < 1.29 is 0 Å². The van der Waals surface area contributed by atoms with Crippen molar-refractivity contribution in [3.8, 4) is 0 Å². The first-order chi connectivity index (χ1) is 6.08. The van der Waals surface area contributed by atoms with E-state index in [4.69, 9.17) is 0 Å². The molecule has 0 aliphatic rings. The van der Waals surface area contributed by atoms with Crippen molar-refractivity contribution in [1.82, 2.24) is 4.72 Å². The molecule has 0 saturated heterocycles. The second-order valence-corrected chi connectivity index (χ2v) is 6.29. The third kappa shape index (κ3) is 5.24. The molecule has 1 N–H and O–H groups in total. The minimum Gasteiger partial charge on any atom is -0.259 e. The Bertz CT molecular complexity index is 241. The van der Waals surface area contributed by atoms with E-state index in [1.165, 1.54) is 5.56 Å². The van der Waals surface area contributed by atoms with Gasteiger partial charge in [0, 0.05) is 6.54 Å². The predicted octanol–water partition coefficient (Wildman–Crippen LogP) is 3.09. The summed E-state index contributed by atoms with van der Waals surface area (Å²) in [7, 11) is 0. The van der Waals surface area contributed by atoms with Crippen LogP contribution in [-0.4, -0.2) is 4.08 Å². The summed E-state index contributed by atoms with van der Waals surface area (Å²) in [6.45, 7) is 5.02. The fourth-order valence-corrected chi connectivity index (χ4v) is 1.68. The summed E-state index contributed by atoms with van der Waals surface area (Å²) in [6.07, 6.45) is 0. The molecule has 72 valence electrons. The van der Waals surface area contributed by atoms with E-state index in [0.717, 1.165) is 6.54 Å². The van der Waals surface area contributed by atoms with Crippen LogP contribution in [0.4, 0.5) is 0 Å². The van der Waals surface area contributed by atoms with Crippen LogP contribution in [0.1, 0.15) is 19.4 Å². The molecule has 1 aromatic rings. The molecule has 0 atom stereocenters. The second kappa shape index (κ2) is 4.94. The fraction of sp³-hybridized carbons (Fsp3) is 0.400. The molecule has 1 aromatic carbocycles. The van der Waals surface area contributed by atoms with Crippen LogP contribution in [0.5, 0.6) is 0 Å². The molecular formula is C10H15NS2. The summed E-state index contributed by atoms with van der Waals surface area (Å²) >= 11 is 6.04. The van der Waals surface area contributed by atoms with Gasteiger partial charge in [-0.15, -0.1) is 0 Å². The SMILES string of the molecule is CC(C)(S)SNCc1ccccc1. The van der Waals surface area contributed by atoms with Gasteiger partial charge >= 0.3 is 0 Å². The maximum atomic E-state index is 4.40. The third-order valence-corrected chi connectivity index (χ3v) is 2.50. The minimum atomic E-state index is -0.0191. The Kier molecular flexibility index (Phi) is 4.16. The van der Waals surface area contributed by atoms with Gasteiger partial charge in [-0.2, -0.15) is 12.6 Å². The number of nitrogens with one attached hydrogen (secondary N) is 1. The summed E-state index contributed by atoms with van der Waals surface area (Å²) in [6, 6.07) is 10.3. The van der Waals surface area contributed by atoms with Crippen LogP contribution in [0.3, 0.4) is 0 Å². The lowest BCUT2D eigenvalue weighted by Gasteiger charge is -2.16. The molecule has 1 nitrogen and oxygen atoms in total. The van der Waals surface area contributed by atoms with Gasteiger partial charge in [0.05, 0.1) is 4.08 Å². The molecule has 3 heteroatoms. The van der Waals surface area contributed by atoms with Gasteiger partial charge in [0.15, 0.2) is 0 Å². The van der Waals surface area contributed by atoms with Crippen molar-refractivity contribution in [3.05, 3.63) is 35.9 Å². The van der Waals surface area contributed by atoms with E-state index in [9.17, 15) is 0 Å². The highest BCUT2D eigenvalue weighted by molar-refractivity contribution is 8.10. The van der Waals surface area contributed by atoms with Gasteiger partial charge in [-0.1, -0.05) is 42.3 Å². The molecule has 0 aliphatic heterocycles. The van der Waals surface area contributed by atoms with E-state index in [2.05, 4.69) is 43.3 Å². The van der Waals surface area contributed by atoms with Gasteiger partial charge in [0.2, 0.25) is 0 Å². The van der Waals surface area contributed by atoms with Crippen molar-refractivity contribution in [2.24, 2.45) is 0 Å². The molecule has 0 spiro atoms. The molecule has 0 bridgehead atoms. The normalized spacial score (nSPS) is 11.6. The first kappa shape index (κ1) is 11.0. The first-order valence-electron chi connectivity index (χ1n) is 4.25. The van der Waals surface area contributed by atoms with Crippen molar-refractivity contribution in [3.63, 3.8) is 0 Å². The zero-order valence-electron chi connectivity index (χ0n) is 7.95. The zero-order valence-corrected chi connectivity index (χ0v) is 9.66. The highest BCUT2D eigenvalue weighted by Gasteiger charge is 2.10. The lowest BCUT2D eigenvalue weighted by molar-refractivity contribution is 0.941. The Morgan fingerprint density at radius 2 is 1.92 bits per heavy atom. The standard InChI is InChI=1S/C10H15NS2/c1-10(2,12)13-11-8-9-6-4-3-5-7-9/h3-7,11-12H,8H2,1-2H3. The van der Waals surface area contributed by atoms with Crippen LogP contribution in [-0.2, 0) is 6.54 Å². The molecule has 0 saturated carbocycles. The van der Waals surface area contributed by atoms with Crippen molar-refractivity contribution in [2.45, 2.75) is 24.5 Å². The number of rotatable bonds is 4. The molecule has 13 heavy (non-hydrogen) atoms. The summed E-state index contributed by atoms with van der Waals surface area (Å²) < 4.78 is 3.26. The highest BCUT2D eigenvalue weighted by Crippen LogP contribution is 2.25. The van der Waals surface area contributed by atoms with E-state index in [1.54, 1.807) is 11.9 Å². The summed E-state index contributed by atoms with van der Waals surface area (Å²) in [5, 5.41) is 0. The molecular weight excluding hydrogens is 198 g/mol. The monoisotopic (exact) mass is 213 g/mol. The molecule has 0 unspecified atom stereocenters. The maximum absolute atomic E-state index is 4.40. The topological polar surface area (TPSA) is 12.0 Å². The fourth-order valence-electron chi connectivity index (χ4n) is 0.892. The molecule has 0 radical (unpaired) electrons. The molecule has 0 aromatic heterocycles. The van der Waals surface area contributed by atoms with Gasteiger partial charge in [-0.05, 0) is 19.4 Å². The van der Waals surface area contributed by atoms with Crippen LogP contribution in [0.2, 0.25) is 0 Å². The molecule has 1 rings (SSSR count). The lowest BCUT2D eigenvalue weighted by atomic mass is 10.2. The number of hydrogen-bond acceptors (Lipinski definition) is 3. The molecule has 0 aliphatic carbocycles. The van der Waals surface area contributed by atoms with E-state index in [-0.39, 0.29) is 4.08 Å². The van der Waals surface area contributed by atoms with E-state index < -0.39 is 0 Å². The minimum absolute atomic E-state index is 0.0191. The van der Waals surface area contributed by atoms with Crippen LogP contribution in [0.25, 0.3) is 0 Å². The summed E-state index contributed by atoms with van der Waals surface area (Å²) in [4.78, 5) is 0. The maximum Gasteiger partial charge on any atom is 0.0669 e. The Balaban J connectivity index is 2.29. The van der Waals surface area contributed by atoms with Crippen molar-refractivity contribution >= 4 is 24.6 Å². The van der Waals surface area contributed by atoms with Crippen molar-refractivity contribution in [1.29, 1.82) is 0 Å². The van der Waals surface area contributed by atoms with Gasteiger partial charge in [0.1, 0.15) is 0 Å². The number of benzene rings is 1. The average molecular weight is 213 g/mol. The highest BCUT2D eigenvalue weighted by atomic mass is 32.2. The summed E-state index contributed by atoms with van der Waals surface area (Å²) in [5.74, 6) is 0.